The maximum Gasteiger partial charge on any atom is 0.218 e. The number of rotatable bonds is 6. The van der Waals surface area contributed by atoms with Crippen molar-refractivity contribution >= 4 is 17.4 Å². The van der Waals surface area contributed by atoms with E-state index in [0.717, 1.165) is 5.82 Å². The molecule has 0 spiro atoms. The van der Waals surface area contributed by atoms with E-state index in [2.05, 4.69) is 9.97 Å². The van der Waals surface area contributed by atoms with Crippen molar-refractivity contribution in [2.45, 2.75) is 12.3 Å². The van der Waals surface area contributed by atoms with Crippen molar-refractivity contribution < 1.29 is 9.47 Å². The summed E-state index contributed by atoms with van der Waals surface area (Å²) in [6.07, 6.45) is 0. The molecule has 6 heteroatoms. The van der Waals surface area contributed by atoms with Gasteiger partial charge in [-0.25, -0.2) is 4.98 Å². The van der Waals surface area contributed by atoms with Gasteiger partial charge in [0.25, 0.3) is 0 Å². The van der Waals surface area contributed by atoms with Gasteiger partial charge in [0.2, 0.25) is 5.88 Å². The highest BCUT2D eigenvalue weighted by atomic mass is 35.5. The topological polar surface area (TPSA) is 47.5 Å². The third-order valence-corrected chi connectivity index (χ3v) is 2.48. The maximum absolute atomic E-state index is 6.10. The Balaban J connectivity index is 2.74. The normalized spacial score (nSPS) is 12.3. The highest BCUT2D eigenvalue weighted by molar-refractivity contribution is 6.21. The van der Waals surface area contributed by atoms with Gasteiger partial charge in [0.15, 0.2) is 0 Å². The number of halogens is 1. The Morgan fingerprint density at radius 1 is 1.41 bits per heavy atom. The molecular formula is C11H18ClN3O2. The van der Waals surface area contributed by atoms with Crippen LogP contribution in [0, 0.1) is 6.92 Å². The fourth-order valence-electron chi connectivity index (χ4n) is 1.45. The van der Waals surface area contributed by atoms with Crippen LogP contribution >= 0.6 is 11.6 Å². The number of hydrogen-bond donors (Lipinski definition) is 0. The molecule has 1 heterocycles. The molecule has 0 aliphatic heterocycles. The van der Waals surface area contributed by atoms with Gasteiger partial charge in [-0.3, -0.25) is 0 Å². The van der Waals surface area contributed by atoms with Crippen LogP contribution in [0.2, 0.25) is 0 Å². The largest absolute Gasteiger partial charge is 0.481 e. The van der Waals surface area contributed by atoms with Crippen molar-refractivity contribution in [1.82, 2.24) is 9.97 Å². The van der Waals surface area contributed by atoms with Crippen LogP contribution in [-0.4, -0.2) is 49.8 Å². The van der Waals surface area contributed by atoms with E-state index in [-0.39, 0.29) is 5.38 Å². The molecule has 17 heavy (non-hydrogen) atoms. The number of methoxy groups -OCH3 is 2. The van der Waals surface area contributed by atoms with Crippen LogP contribution in [0.15, 0.2) is 6.07 Å². The van der Waals surface area contributed by atoms with Crippen LogP contribution in [0.1, 0.15) is 5.82 Å². The van der Waals surface area contributed by atoms with Gasteiger partial charge in [0, 0.05) is 26.8 Å². The van der Waals surface area contributed by atoms with Crippen molar-refractivity contribution in [1.29, 1.82) is 0 Å². The Hall–Kier alpha value is -1.07. The molecule has 96 valence electrons. The van der Waals surface area contributed by atoms with Crippen molar-refractivity contribution in [3.63, 3.8) is 0 Å². The van der Waals surface area contributed by atoms with Gasteiger partial charge in [-0.15, -0.1) is 11.6 Å². The SMILES string of the molecule is COCC(Cl)CN(C)c1cc(OC)nc(C)n1. The molecule has 0 aromatic carbocycles. The highest BCUT2D eigenvalue weighted by Crippen LogP contribution is 2.16. The van der Waals surface area contributed by atoms with E-state index in [4.69, 9.17) is 21.1 Å². The van der Waals surface area contributed by atoms with Gasteiger partial charge >= 0.3 is 0 Å². The van der Waals surface area contributed by atoms with Crippen LogP contribution in [-0.2, 0) is 4.74 Å². The first-order valence-electron chi connectivity index (χ1n) is 5.30. The van der Waals surface area contributed by atoms with Crippen LogP contribution in [0.25, 0.3) is 0 Å². The molecule has 0 radical (unpaired) electrons. The van der Waals surface area contributed by atoms with Gasteiger partial charge in [0.1, 0.15) is 11.6 Å². The summed E-state index contributed by atoms with van der Waals surface area (Å²) >= 11 is 6.10. The third-order valence-electron chi connectivity index (χ3n) is 2.22. The van der Waals surface area contributed by atoms with Gasteiger partial charge in [0.05, 0.1) is 19.1 Å². The lowest BCUT2D eigenvalue weighted by molar-refractivity contribution is 0.199. The standard InChI is InChI=1S/C11H18ClN3O2/c1-8-13-10(5-11(14-8)17-4)15(2)6-9(12)7-16-3/h5,9H,6-7H2,1-4H3. The molecule has 0 aliphatic carbocycles. The molecule has 0 saturated carbocycles. The van der Waals surface area contributed by atoms with Crippen LogP contribution in [0.4, 0.5) is 5.82 Å². The number of aromatic nitrogens is 2. The predicted octanol–water partition coefficient (Wildman–Crippen LogP) is 1.48. The molecule has 1 aromatic heterocycles. The second kappa shape index (κ2) is 6.61. The quantitative estimate of drug-likeness (QED) is 0.725. The highest BCUT2D eigenvalue weighted by Gasteiger charge is 2.11. The summed E-state index contributed by atoms with van der Waals surface area (Å²) in [5.74, 6) is 2.01. The predicted molar refractivity (Wildman–Crippen MR) is 68.1 cm³/mol. The van der Waals surface area contributed by atoms with Crippen molar-refractivity contribution in [2.75, 3.05) is 39.3 Å². The molecule has 0 aliphatic rings. The minimum atomic E-state index is -0.0775. The average Bonchev–Trinajstić information content (AvgIpc) is 2.28. The number of nitrogens with zero attached hydrogens (tertiary/aromatic N) is 3. The van der Waals surface area contributed by atoms with E-state index >= 15 is 0 Å². The summed E-state index contributed by atoms with van der Waals surface area (Å²) in [4.78, 5) is 10.4. The Morgan fingerprint density at radius 2 is 2.12 bits per heavy atom. The average molecular weight is 260 g/mol. The Morgan fingerprint density at radius 3 is 2.71 bits per heavy atom. The second-order valence-corrected chi connectivity index (χ2v) is 4.37. The minimum Gasteiger partial charge on any atom is -0.481 e. The summed E-state index contributed by atoms with van der Waals surface area (Å²) < 4.78 is 10.1. The monoisotopic (exact) mass is 259 g/mol. The van der Waals surface area contributed by atoms with Gasteiger partial charge in [-0.05, 0) is 6.92 Å². The van der Waals surface area contributed by atoms with E-state index in [9.17, 15) is 0 Å². The van der Waals surface area contributed by atoms with E-state index in [1.807, 2.05) is 18.9 Å². The summed E-state index contributed by atoms with van der Waals surface area (Å²) in [6, 6.07) is 1.78. The van der Waals surface area contributed by atoms with E-state index < -0.39 is 0 Å². The molecule has 0 N–H and O–H groups in total. The van der Waals surface area contributed by atoms with E-state index in [1.165, 1.54) is 0 Å². The van der Waals surface area contributed by atoms with Gasteiger partial charge in [-0.1, -0.05) is 0 Å². The fourth-order valence-corrected chi connectivity index (χ4v) is 1.78. The number of anilines is 1. The molecule has 1 unspecified atom stereocenters. The van der Waals surface area contributed by atoms with Gasteiger partial charge < -0.3 is 14.4 Å². The first-order valence-corrected chi connectivity index (χ1v) is 5.74. The number of ether oxygens (including phenoxy) is 2. The first kappa shape index (κ1) is 14.0. The van der Waals surface area contributed by atoms with Crippen LogP contribution in [0.5, 0.6) is 5.88 Å². The lowest BCUT2D eigenvalue weighted by Gasteiger charge is -2.21. The van der Waals surface area contributed by atoms with E-state index in [0.29, 0.717) is 24.9 Å². The summed E-state index contributed by atoms with van der Waals surface area (Å²) in [5, 5.41) is -0.0775. The molecule has 1 atom stereocenters. The fraction of sp³-hybridized carbons (Fsp3) is 0.636. The third kappa shape index (κ3) is 4.36. The zero-order valence-corrected chi connectivity index (χ0v) is 11.4. The summed E-state index contributed by atoms with van der Waals surface area (Å²) in [6.45, 7) is 2.98. The number of aryl methyl sites for hydroxylation is 1. The first-order chi connectivity index (χ1) is 8.06. The molecular weight excluding hydrogens is 242 g/mol. The molecule has 0 fully saturated rings. The van der Waals surface area contributed by atoms with Gasteiger partial charge in [-0.2, -0.15) is 4.98 Å². The maximum atomic E-state index is 6.10. The molecule has 1 rings (SSSR count). The summed E-state index contributed by atoms with van der Waals surface area (Å²) in [5.41, 5.74) is 0. The number of hydrogen-bond acceptors (Lipinski definition) is 5. The molecule has 5 nitrogen and oxygen atoms in total. The van der Waals surface area contributed by atoms with Crippen LogP contribution < -0.4 is 9.64 Å². The molecule has 1 aromatic rings. The van der Waals surface area contributed by atoms with Crippen molar-refractivity contribution in [3.05, 3.63) is 11.9 Å². The number of alkyl halides is 1. The Kier molecular flexibility index (Phi) is 5.44. The smallest absolute Gasteiger partial charge is 0.218 e. The van der Waals surface area contributed by atoms with E-state index in [1.54, 1.807) is 20.3 Å². The summed E-state index contributed by atoms with van der Waals surface area (Å²) in [7, 11) is 5.14. The zero-order chi connectivity index (χ0) is 12.8. The minimum absolute atomic E-state index is 0.0775. The second-order valence-electron chi connectivity index (χ2n) is 3.75. The molecule has 0 saturated heterocycles. The molecule has 0 bridgehead atoms. The van der Waals surface area contributed by atoms with Crippen LogP contribution in [0.3, 0.4) is 0 Å². The lowest BCUT2D eigenvalue weighted by Crippen LogP contribution is -2.29. The lowest BCUT2D eigenvalue weighted by atomic mass is 10.4. The zero-order valence-electron chi connectivity index (χ0n) is 10.6. The van der Waals surface area contributed by atoms with Crippen molar-refractivity contribution in [2.24, 2.45) is 0 Å². The Labute approximate surface area is 107 Å². The molecule has 0 amide bonds. The van der Waals surface area contributed by atoms with Crippen molar-refractivity contribution in [3.8, 4) is 5.88 Å². The Bertz CT molecular complexity index is 363.